The molecule has 94 valence electrons. The average Bonchev–Trinajstić information content (AvgIpc) is 2.58. The standard InChI is InChI=1S/C10H15N3O3S/c1-5-7(9(15)16)17-10(11-5)12-6(2)8(14)13(3)4/h6H,1-4H3,(H,11,12)(H,15,16). The number of hydrogen-bond acceptors (Lipinski definition) is 5. The number of thiazole rings is 1. The summed E-state index contributed by atoms with van der Waals surface area (Å²) in [6.45, 7) is 3.34. The summed E-state index contributed by atoms with van der Waals surface area (Å²) in [6.07, 6.45) is 0. The van der Waals surface area contributed by atoms with E-state index in [9.17, 15) is 9.59 Å². The zero-order valence-electron chi connectivity index (χ0n) is 10.1. The third kappa shape index (κ3) is 3.16. The van der Waals surface area contributed by atoms with Crippen LogP contribution in [0.4, 0.5) is 5.13 Å². The van der Waals surface area contributed by atoms with Gasteiger partial charge in [0.05, 0.1) is 5.69 Å². The van der Waals surface area contributed by atoms with E-state index in [0.29, 0.717) is 10.8 Å². The van der Waals surface area contributed by atoms with Crippen molar-refractivity contribution in [2.75, 3.05) is 19.4 Å². The SMILES string of the molecule is Cc1nc(NC(C)C(=O)N(C)C)sc1C(=O)O. The van der Waals surface area contributed by atoms with Crippen LogP contribution in [-0.4, -0.2) is 47.0 Å². The molecule has 0 spiro atoms. The molecule has 0 aliphatic rings. The van der Waals surface area contributed by atoms with Crippen LogP contribution in [0.5, 0.6) is 0 Å². The van der Waals surface area contributed by atoms with Gasteiger partial charge in [-0.25, -0.2) is 9.78 Å². The Balaban J connectivity index is 2.79. The number of hydrogen-bond donors (Lipinski definition) is 2. The fraction of sp³-hybridized carbons (Fsp3) is 0.500. The summed E-state index contributed by atoms with van der Waals surface area (Å²) in [5, 5.41) is 12.2. The van der Waals surface area contributed by atoms with E-state index in [1.165, 1.54) is 4.90 Å². The van der Waals surface area contributed by atoms with Crippen molar-refractivity contribution in [3.8, 4) is 0 Å². The number of nitrogens with zero attached hydrogens (tertiary/aromatic N) is 2. The largest absolute Gasteiger partial charge is 0.477 e. The first kappa shape index (κ1) is 13.4. The number of aromatic nitrogens is 1. The quantitative estimate of drug-likeness (QED) is 0.842. The van der Waals surface area contributed by atoms with E-state index in [0.717, 1.165) is 11.3 Å². The number of likely N-dealkylation sites (N-methyl/N-ethyl adjacent to an activating group) is 1. The van der Waals surface area contributed by atoms with Gasteiger partial charge in [-0.3, -0.25) is 4.79 Å². The zero-order chi connectivity index (χ0) is 13.2. The summed E-state index contributed by atoms with van der Waals surface area (Å²) in [7, 11) is 3.33. The van der Waals surface area contributed by atoms with Crippen molar-refractivity contribution in [3.63, 3.8) is 0 Å². The predicted molar refractivity (Wildman–Crippen MR) is 65.6 cm³/mol. The van der Waals surface area contributed by atoms with Crippen molar-refractivity contribution in [1.29, 1.82) is 0 Å². The summed E-state index contributed by atoms with van der Waals surface area (Å²) >= 11 is 1.03. The normalized spacial score (nSPS) is 12.0. The van der Waals surface area contributed by atoms with E-state index in [1.807, 2.05) is 0 Å². The van der Waals surface area contributed by atoms with Crippen LogP contribution in [0, 0.1) is 6.92 Å². The molecule has 1 unspecified atom stereocenters. The molecule has 0 saturated heterocycles. The second-order valence-corrected chi connectivity index (χ2v) is 4.84. The molecule has 1 atom stereocenters. The number of amides is 1. The molecule has 0 aliphatic heterocycles. The number of rotatable bonds is 4. The second kappa shape index (κ2) is 5.13. The third-order valence-corrected chi connectivity index (χ3v) is 3.22. The van der Waals surface area contributed by atoms with Gasteiger partial charge in [0, 0.05) is 14.1 Å². The van der Waals surface area contributed by atoms with Gasteiger partial charge in [-0.05, 0) is 13.8 Å². The Labute approximate surface area is 103 Å². The Morgan fingerprint density at radius 3 is 2.47 bits per heavy atom. The number of nitrogens with one attached hydrogen (secondary N) is 1. The van der Waals surface area contributed by atoms with Crippen LogP contribution in [0.15, 0.2) is 0 Å². The molecule has 6 nitrogen and oxygen atoms in total. The number of anilines is 1. The maximum Gasteiger partial charge on any atom is 0.347 e. The summed E-state index contributed by atoms with van der Waals surface area (Å²) in [4.78, 5) is 28.2. The fourth-order valence-corrected chi connectivity index (χ4v) is 2.18. The van der Waals surface area contributed by atoms with Crippen molar-refractivity contribution in [2.24, 2.45) is 0 Å². The minimum atomic E-state index is -1.00. The zero-order valence-corrected chi connectivity index (χ0v) is 11.0. The Bertz CT molecular complexity index is 442. The topological polar surface area (TPSA) is 82.5 Å². The first-order valence-corrected chi connectivity index (χ1v) is 5.83. The van der Waals surface area contributed by atoms with E-state index in [-0.39, 0.29) is 10.8 Å². The maximum absolute atomic E-state index is 11.6. The monoisotopic (exact) mass is 257 g/mol. The molecule has 0 bridgehead atoms. The third-order valence-electron chi connectivity index (χ3n) is 2.14. The van der Waals surface area contributed by atoms with E-state index in [4.69, 9.17) is 5.11 Å². The minimum Gasteiger partial charge on any atom is -0.477 e. The summed E-state index contributed by atoms with van der Waals surface area (Å²) in [6, 6.07) is -0.433. The van der Waals surface area contributed by atoms with Crippen molar-refractivity contribution in [2.45, 2.75) is 19.9 Å². The van der Waals surface area contributed by atoms with Crippen LogP contribution in [-0.2, 0) is 4.79 Å². The molecule has 2 N–H and O–H groups in total. The molecule has 1 rings (SSSR count). The molecular formula is C10H15N3O3S. The van der Waals surface area contributed by atoms with Crippen LogP contribution in [0.3, 0.4) is 0 Å². The van der Waals surface area contributed by atoms with Gasteiger partial charge >= 0.3 is 5.97 Å². The highest BCUT2D eigenvalue weighted by molar-refractivity contribution is 7.17. The maximum atomic E-state index is 11.6. The van der Waals surface area contributed by atoms with Crippen molar-refractivity contribution < 1.29 is 14.7 Å². The van der Waals surface area contributed by atoms with Gasteiger partial charge in [-0.1, -0.05) is 11.3 Å². The molecule has 7 heteroatoms. The van der Waals surface area contributed by atoms with Gasteiger partial charge in [0.15, 0.2) is 5.13 Å². The lowest BCUT2D eigenvalue weighted by atomic mass is 10.3. The lowest BCUT2D eigenvalue weighted by Crippen LogP contribution is -2.36. The van der Waals surface area contributed by atoms with Gasteiger partial charge in [0.1, 0.15) is 10.9 Å². The van der Waals surface area contributed by atoms with E-state index >= 15 is 0 Å². The highest BCUT2D eigenvalue weighted by Crippen LogP contribution is 2.23. The molecule has 0 saturated carbocycles. The number of carbonyl (C=O) groups is 2. The molecule has 1 aromatic rings. The van der Waals surface area contributed by atoms with Crippen LogP contribution in [0.1, 0.15) is 22.3 Å². The van der Waals surface area contributed by atoms with Gasteiger partial charge in [-0.15, -0.1) is 0 Å². The number of carbonyl (C=O) groups excluding carboxylic acids is 1. The summed E-state index contributed by atoms with van der Waals surface area (Å²) in [5.41, 5.74) is 0.453. The smallest absolute Gasteiger partial charge is 0.347 e. The van der Waals surface area contributed by atoms with Crippen LogP contribution in [0.25, 0.3) is 0 Å². The highest BCUT2D eigenvalue weighted by atomic mass is 32.1. The Morgan fingerprint density at radius 1 is 1.47 bits per heavy atom. The van der Waals surface area contributed by atoms with Crippen LogP contribution in [0.2, 0.25) is 0 Å². The Morgan fingerprint density at radius 2 is 2.06 bits per heavy atom. The predicted octanol–water partition coefficient (Wildman–Crippen LogP) is 1.04. The first-order chi connectivity index (χ1) is 7.82. The minimum absolute atomic E-state index is 0.0882. The van der Waals surface area contributed by atoms with E-state index in [2.05, 4.69) is 10.3 Å². The molecule has 0 aromatic carbocycles. The van der Waals surface area contributed by atoms with E-state index < -0.39 is 12.0 Å². The van der Waals surface area contributed by atoms with Gasteiger partial charge < -0.3 is 15.3 Å². The molecule has 0 radical (unpaired) electrons. The number of carboxylic acid groups (broad SMARTS) is 1. The van der Waals surface area contributed by atoms with Crippen molar-refractivity contribution in [1.82, 2.24) is 9.88 Å². The second-order valence-electron chi connectivity index (χ2n) is 3.84. The lowest BCUT2D eigenvalue weighted by molar-refractivity contribution is -0.129. The number of aromatic carboxylic acids is 1. The molecule has 1 aromatic heterocycles. The van der Waals surface area contributed by atoms with Gasteiger partial charge in [0.2, 0.25) is 5.91 Å². The van der Waals surface area contributed by atoms with Crippen LogP contribution >= 0.6 is 11.3 Å². The highest BCUT2D eigenvalue weighted by Gasteiger charge is 2.19. The molecule has 0 fully saturated rings. The first-order valence-electron chi connectivity index (χ1n) is 5.01. The van der Waals surface area contributed by atoms with Gasteiger partial charge in [0.25, 0.3) is 0 Å². The summed E-state index contributed by atoms with van der Waals surface area (Å²) in [5.74, 6) is -1.09. The average molecular weight is 257 g/mol. The van der Waals surface area contributed by atoms with Gasteiger partial charge in [-0.2, -0.15) is 0 Å². The van der Waals surface area contributed by atoms with Crippen molar-refractivity contribution in [3.05, 3.63) is 10.6 Å². The molecular weight excluding hydrogens is 242 g/mol. The molecule has 1 heterocycles. The van der Waals surface area contributed by atoms with Crippen LogP contribution < -0.4 is 5.32 Å². The molecule has 17 heavy (non-hydrogen) atoms. The summed E-state index contributed by atoms with van der Waals surface area (Å²) < 4.78 is 0. The Hall–Kier alpha value is -1.63. The number of carboxylic acids is 1. The molecule has 0 aliphatic carbocycles. The number of aryl methyl sites for hydroxylation is 1. The fourth-order valence-electron chi connectivity index (χ4n) is 1.29. The molecule has 1 amide bonds. The van der Waals surface area contributed by atoms with Crippen molar-refractivity contribution >= 4 is 28.3 Å². The Kier molecular flexibility index (Phi) is 4.06. The van der Waals surface area contributed by atoms with E-state index in [1.54, 1.807) is 27.9 Å². The lowest BCUT2D eigenvalue weighted by Gasteiger charge is -2.17.